The first-order valence-corrected chi connectivity index (χ1v) is 9.81. The summed E-state index contributed by atoms with van der Waals surface area (Å²) in [6.07, 6.45) is 0.546. The van der Waals surface area contributed by atoms with Gasteiger partial charge in [-0.1, -0.05) is 26.0 Å². The first kappa shape index (κ1) is 17.9. The molecule has 1 saturated heterocycles. The van der Waals surface area contributed by atoms with E-state index in [-0.39, 0.29) is 5.91 Å². The Morgan fingerprint density at radius 1 is 1.28 bits per heavy atom. The van der Waals surface area contributed by atoms with E-state index in [4.69, 9.17) is 4.98 Å². The number of carbonyl (C=O) groups is 1. The third-order valence-electron chi connectivity index (χ3n) is 4.44. The molecule has 5 nitrogen and oxygen atoms in total. The number of nitrogens with one attached hydrogen (secondary N) is 2. The highest BCUT2D eigenvalue weighted by Gasteiger charge is 2.19. The van der Waals surface area contributed by atoms with Crippen LogP contribution in [0.1, 0.15) is 20.3 Å². The number of hydrogen-bond acceptors (Lipinski definition) is 4. The van der Waals surface area contributed by atoms with Crippen molar-refractivity contribution in [1.82, 2.24) is 4.98 Å². The molecule has 3 rings (SSSR count). The molecule has 6 heteroatoms. The van der Waals surface area contributed by atoms with Crippen LogP contribution in [0.25, 0.3) is 11.3 Å². The molecule has 1 aromatic carbocycles. The minimum atomic E-state index is 0.0656. The van der Waals surface area contributed by atoms with Gasteiger partial charge in [-0.2, -0.15) is 0 Å². The standard InChI is InChI=1S/C19H26N4OS/c1-14(2)12-18(24)20-16-6-4-15(5-7-16)17-13-25-19(21-17)23-10-8-22(3)9-11-23/h4-7,13-14H,8-12H2,1-3H3,(H,20,24)/p+1. The van der Waals surface area contributed by atoms with Crippen LogP contribution in [0.15, 0.2) is 29.6 Å². The summed E-state index contributed by atoms with van der Waals surface area (Å²) in [6.45, 7) is 8.56. The highest BCUT2D eigenvalue weighted by atomic mass is 32.1. The molecule has 1 amide bonds. The van der Waals surface area contributed by atoms with Crippen LogP contribution in [0, 0.1) is 5.92 Å². The van der Waals surface area contributed by atoms with Crippen LogP contribution in [0.4, 0.5) is 10.8 Å². The van der Waals surface area contributed by atoms with E-state index in [1.807, 2.05) is 38.1 Å². The van der Waals surface area contributed by atoms with E-state index in [0.717, 1.165) is 35.2 Å². The Morgan fingerprint density at radius 3 is 2.60 bits per heavy atom. The average molecular weight is 360 g/mol. The monoisotopic (exact) mass is 359 g/mol. The number of rotatable bonds is 5. The number of quaternary nitrogens is 1. The number of anilines is 2. The number of likely N-dealkylation sites (N-methyl/N-ethyl adjacent to an activating group) is 1. The number of thiazole rings is 1. The van der Waals surface area contributed by atoms with Gasteiger partial charge in [-0.3, -0.25) is 4.79 Å². The SMILES string of the molecule is CC(C)CC(=O)Nc1ccc(-c2csc(N3CC[NH+](C)CC3)n2)cc1. The number of carbonyl (C=O) groups excluding carboxylic acids is 1. The highest BCUT2D eigenvalue weighted by Crippen LogP contribution is 2.28. The summed E-state index contributed by atoms with van der Waals surface area (Å²) in [5, 5.41) is 6.17. The molecule has 0 unspecified atom stereocenters. The molecule has 0 atom stereocenters. The highest BCUT2D eigenvalue weighted by molar-refractivity contribution is 7.14. The molecule has 0 radical (unpaired) electrons. The van der Waals surface area contributed by atoms with Crippen LogP contribution in [0.2, 0.25) is 0 Å². The second kappa shape index (κ2) is 7.97. The largest absolute Gasteiger partial charge is 0.337 e. The van der Waals surface area contributed by atoms with Crippen molar-refractivity contribution < 1.29 is 9.69 Å². The molecule has 0 spiro atoms. The van der Waals surface area contributed by atoms with Crippen LogP contribution < -0.4 is 15.1 Å². The zero-order chi connectivity index (χ0) is 17.8. The molecule has 0 bridgehead atoms. The molecular weight excluding hydrogens is 332 g/mol. The third kappa shape index (κ3) is 4.80. The predicted molar refractivity (Wildman–Crippen MR) is 104 cm³/mol. The van der Waals surface area contributed by atoms with Crippen LogP contribution in [-0.2, 0) is 4.79 Å². The molecule has 25 heavy (non-hydrogen) atoms. The van der Waals surface area contributed by atoms with Crippen LogP contribution in [-0.4, -0.2) is 44.1 Å². The Balaban J connectivity index is 1.64. The lowest BCUT2D eigenvalue weighted by Gasteiger charge is -2.29. The Kier molecular flexibility index (Phi) is 5.71. The molecule has 0 aliphatic carbocycles. The van der Waals surface area contributed by atoms with Gasteiger partial charge in [0, 0.05) is 23.1 Å². The zero-order valence-corrected chi connectivity index (χ0v) is 16.0. The van der Waals surface area contributed by atoms with Gasteiger partial charge in [-0.15, -0.1) is 11.3 Å². The Labute approximate surface area is 153 Å². The lowest BCUT2D eigenvalue weighted by atomic mass is 10.1. The van der Waals surface area contributed by atoms with Gasteiger partial charge in [-0.25, -0.2) is 4.98 Å². The van der Waals surface area contributed by atoms with Crippen molar-refractivity contribution in [3.05, 3.63) is 29.6 Å². The van der Waals surface area contributed by atoms with E-state index in [0.29, 0.717) is 12.3 Å². The number of aromatic nitrogens is 1. The van der Waals surface area contributed by atoms with E-state index < -0.39 is 0 Å². The second-order valence-corrected chi connectivity index (χ2v) is 8.02. The van der Waals surface area contributed by atoms with Gasteiger partial charge < -0.3 is 15.1 Å². The number of benzene rings is 1. The van der Waals surface area contributed by atoms with Crippen molar-refractivity contribution in [2.45, 2.75) is 20.3 Å². The molecule has 2 heterocycles. The molecule has 134 valence electrons. The smallest absolute Gasteiger partial charge is 0.224 e. The van der Waals surface area contributed by atoms with Gasteiger partial charge in [0.1, 0.15) is 0 Å². The van der Waals surface area contributed by atoms with Gasteiger partial charge >= 0.3 is 0 Å². The van der Waals surface area contributed by atoms with Crippen molar-refractivity contribution in [2.75, 3.05) is 43.4 Å². The molecule has 2 aromatic rings. The summed E-state index contributed by atoms with van der Waals surface area (Å²) >= 11 is 1.71. The van der Waals surface area contributed by atoms with Crippen molar-refractivity contribution in [3.8, 4) is 11.3 Å². The van der Waals surface area contributed by atoms with E-state index in [2.05, 4.69) is 22.6 Å². The molecule has 1 fully saturated rings. The van der Waals surface area contributed by atoms with E-state index >= 15 is 0 Å². The molecule has 1 aliphatic heterocycles. The molecule has 1 aromatic heterocycles. The molecule has 1 aliphatic rings. The summed E-state index contributed by atoms with van der Waals surface area (Å²) in [7, 11) is 2.24. The summed E-state index contributed by atoms with van der Waals surface area (Å²) in [5.41, 5.74) is 2.93. The normalized spacial score (nSPS) is 15.6. The first-order chi connectivity index (χ1) is 12.0. The summed E-state index contributed by atoms with van der Waals surface area (Å²) in [4.78, 5) is 20.6. The Bertz CT molecular complexity index is 702. The Morgan fingerprint density at radius 2 is 1.96 bits per heavy atom. The second-order valence-electron chi connectivity index (χ2n) is 7.18. The average Bonchev–Trinajstić information content (AvgIpc) is 3.05. The number of amides is 1. The third-order valence-corrected chi connectivity index (χ3v) is 5.34. The van der Waals surface area contributed by atoms with Gasteiger partial charge in [-0.05, 0) is 18.1 Å². The summed E-state index contributed by atoms with van der Waals surface area (Å²) in [6, 6.07) is 7.95. The maximum Gasteiger partial charge on any atom is 0.224 e. The topological polar surface area (TPSA) is 49.7 Å². The predicted octanol–water partition coefficient (Wildman–Crippen LogP) is 2.13. The van der Waals surface area contributed by atoms with Gasteiger partial charge in [0.25, 0.3) is 0 Å². The first-order valence-electron chi connectivity index (χ1n) is 8.93. The quantitative estimate of drug-likeness (QED) is 0.860. The number of nitrogens with zero attached hydrogens (tertiary/aromatic N) is 2. The minimum Gasteiger partial charge on any atom is -0.337 e. The molecule has 2 N–H and O–H groups in total. The Hall–Kier alpha value is -1.92. The molecular formula is C19H27N4OS+. The van der Waals surface area contributed by atoms with Gasteiger partial charge in [0.15, 0.2) is 5.13 Å². The van der Waals surface area contributed by atoms with Gasteiger partial charge in [0.05, 0.1) is 38.9 Å². The van der Waals surface area contributed by atoms with Crippen molar-refractivity contribution in [3.63, 3.8) is 0 Å². The lowest BCUT2D eigenvalue weighted by Crippen LogP contribution is -3.12. The number of hydrogen-bond donors (Lipinski definition) is 2. The van der Waals surface area contributed by atoms with E-state index in [9.17, 15) is 4.79 Å². The van der Waals surface area contributed by atoms with Crippen molar-refractivity contribution in [1.29, 1.82) is 0 Å². The van der Waals surface area contributed by atoms with Crippen molar-refractivity contribution >= 4 is 28.1 Å². The summed E-state index contributed by atoms with van der Waals surface area (Å²) < 4.78 is 0. The zero-order valence-electron chi connectivity index (χ0n) is 15.2. The van der Waals surface area contributed by atoms with Crippen molar-refractivity contribution in [2.24, 2.45) is 5.92 Å². The van der Waals surface area contributed by atoms with Crippen LogP contribution in [0.3, 0.4) is 0 Å². The van der Waals surface area contributed by atoms with Gasteiger partial charge in [0.2, 0.25) is 5.91 Å². The van der Waals surface area contributed by atoms with Crippen LogP contribution in [0.5, 0.6) is 0 Å². The fourth-order valence-electron chi connectivity index (χ4n) is 2.93. The minimum absolute atomic E-state index is 0.0656. The van der Waals surface area contributed by atoms with E-state index in [1.165, 1.54) is 13.1 Å². The lowest BCUT2D eigenvalue weighted by molar-refractivity contribution is -0.880. The fourth-order valence-corrected chi connectivity index (χ4v) is 3.82. The van der Waals surface area contributed by atoms with Crippen LogP contribution >= 0.6 is 11.3 Å². The number of piperazine rings is 1. The maximum absolute atomic E-state index is 11.9. The maximum atomic E-state index is 11.9. The van der Waals surface area contributed by atoms with E-state index in [1.54, 1.807) is 16.2 Å². The summed E-state index contributed by atoms with van der Waals surface area (Å²) in [5.74, 6) is 0.430. The molecule has 0 saturated carbocycles. The fraction of sp³-hybridized carbons (Fsp3) is 0.474.